The Morgan fingerprint density at radius 1 is 0.846 bits per heavy atom. The van der Waals surface area contributed by atoms with Crippen LogP contribution in [0.2, 0.25) is 5.02 Å². The number of hydrogen-bond acceptors (Lipinski definition) is 4. The minimum Gasteiger partial charge on any atom is -0.396 e. The third-order valence-electron chi connectivity index (χ3n) is 4.20. The van der Waals surface area contributed by atoms with Crippen LogP contribution in [0.4, 0.5) is 0 Å². The van der Waals surface area contributed by atoms with Crippen molar-refractivity contribution >= 4 is 32.4 Å². The van der Waals surface area contributed by atoms with E-state index < -0.39 is 10.0 Å². The number of aliphatic hydroxyl groups excluding tert-OH is 1. The molecule has 0 bridgehead atoms. The molecule has 0 spiro atoms. The molecule has 0 atom stereocenters. The number of unbranched alkanes of at least 4 members (excludes halogenated alkanes) is 3. The summed E-state index contributed by atoms with van der Waals surface area (Å²) in [5.74, 6) is 0. The highest BCUT2D eigenvalue weighted by Gasteiger charge is 2.17. The summed E-state index contributed by atoms with van der Waals surface area (Å²) < 4.78 is 27.9. The molecule has 26 heavy (non-hydrogen) atoms. The van der Waals surface area contributed by atoms with Gasteiger partial charge in [-0.2, -0.15) is 0 Å². The first-order valence-corrected chi connectivity index (χ1v) is 10.9. The van der Waals surface area contributed by atoms with Gasteiger partial charge in [0.15, 0.2) is 0 Å². The summed E-state index contributed by atoms with van der Waals surface area (Å²) >= 11 is 6.16. The maximum Gasteiger partial charge on any atom is 0.241 e. The van der Waals surface area contributed by atoms with Gasteiger partial charge in [-0.25, -0.2) is 13.1 Å². The maximum absolute atomic E-state index is 12.6. The number of aliphatic hydroxyl groups is 1. The van der Waals surface area contributed by atoms with Crippen molar-refractivity contribution in [3.05, 3.63) is 41.4 Å². The number of halogens is 1. The number of nitrogens with one attached hydrogen (secondary N) is 2. The van der Waals surface area contributed by atoms with Crippen LogP contribution in [0.25, 0.3) is 10.8 Å². The fourth-order valence-corrected chi connectivity index (χ4v) is 4.35. The summed E-state index contributed by atoms with van der Waals surface area (Å²) in [5.41, 5.74) is 0. The first-order chi connectivity index (χ1) is 12.6. The molecule has 0 heterocycles. The molecule has 0 fully saturated rings. The van der Waals surface area contributed by atoms with Gasteiger partial charge in [0.2, 0.25) is 10.0 Å². The van der Waals surface area contributed by atoms with E-state index in [0.717, 1.165) is 50.6 Å². The average molecular weight is 399 g/mol. The van der Waals surface area contributed by atoms with Gasteiger partial charge >= 0.3 is 0 Å². The van der Waals surface area contributed by atoms with Crippen LogP contribution in [0, 0.1) is 0 Å². The normalized spacial score (nSPS) is 11.9. The van der Waals surface area contributed by atoms with Crippen molar-refractivity contribution in [1.82, 2.24) is 10.0 Å². The van der Waals surface area contributed by atoms with Crippen molar-refractivity contribution in [3.8, 4) is 0 Å². The number of rotatable bonds is 12. The highest BCUT2D eigenvalue weighted by Crippen LogP contribution is 2.28. The summed E-state index contributed by atoms with van der Waals surface area (Å²) in [6.07, 6.45) is 4.67. The Morgan fingerprint density at radius 3 is 2.27 bits per heavy atom. The van der Waals surface area contributed by atoms with Crippen LogP contribution in [-0.2, 0) is 10.0 Å². The van der Waals surface area contributed by atoms with E-state index in [0.29, 0.717) is 17.0 Å². The lowest BCUT2D eigenvalue weighted by atomic mass is 10.1. The molecule has 2 aromatic rings. The first-order valence-electron chi connectivity index (χ1n) is 9.05. The summed E-state index contributed by atoms with van der Waals surface area (Å²) in [4.78, 5) is 0.269. The van der Waals surface area contributed by atoms with E-state index in [2.05, 4.69) is 10.0 Å². The second-order valence-electron chi connectivity index (χ2n) is 6.23. The number of hydrogen-bond donors (Lipinski definition) is 3. The Labute approximate surface area is 160 Å². The van der Waals surface area contributed by atoms with Gasteiger partial charge in [-0.1, -0.05) is 48.7 Å². The molecule has 0 amide bonds. The van der Waals surface area contributed by atoms with Crippen LogP contribution >= 0.6 is 11.6 Å². The topological polar surface area (TPSA) is 78.4 Å². The van der Waals surface area contributed by atoms with Crippen molar-refractivity contribution in [2.45, 2.75) is 37.0 Å². The third-order valence-corrected chi connectivity index (χ3v) is 6.05. The molecule has 2 aromatic carbocycles. The van der Waals surface area contributed by atoms with Gasteiger partial charge in [-0.05, 0) is 44.5 Å². The summed E-state index contributed by atoms with van der Waals surface area (Å²) in [6.45, 7) is 2.42. The summed E-state index contributed by atoms with van der Waals surface area (Å²) in [7, 11) is -3.56. The molecule has 0 aromatic heterocycles. The largest absolute Gasteiger partial charge is 0.396 e. The monoisotopic (exact) mass is 398 g/mol. The van der Waals surface area contributed by atoms with E-state index in [-0.39, 0.29) is 11.5 Å². The Morgan fingerprint density at radius 2 is 1.50 bits per heavy atom. The van der Waals surface area contributed by atoms with Crippen LogP contribution in [0.3, 0.4) is 0 Å². The van der Waals surface area contributed by atoms with E-state index in [4.69, 9.17) is 16.7 Å². The highest BCUT2D eigenvalue weighted by atomic mass is 35.5. The summed E-state index contributed by atoms with van der Waals surface area (Å²) in [6, 6.07) is 10.4. The Bertz CT molecular complexity index is 796. The molecule has 144 valence electrons. The number of sulfonamides is 1. The van der Waals surface area contributed by atoms with Crippen molar-refractivity contribution in [2.75, 3.05) is 26.2 Å². The van der Waals surface area contributed by atoms with Gasteiger partial charge in [-0.15, -0.1) is 0 Å². The molecule has 2 rings (SSSR count). The van der Waals surface area contributed by atoms with E-state index in [9.17, 15) is 8.42 Å². The summed E-state index contributed by atoms with van der Waals surface area (Å²) in [5, 5.41) is 13.9. The number of fused-ring (bicyclic) bond motifs is 1. The minimum absolute atomic E-state index is 0.218. The predicted octanol–water partition coefficient (Wildman–Crippen LogP) is 3.30. The lowest BCUT2D eigenvalue weighted by Gasteiger charge is -2.10. The molecule has 0 aliphatic rings. The maximum atomic E-state index is 12.6. The van der Waals surface area contributed by atoms with Crippen LogP contribution in [0.1, 0.15) is 32.1 Å². The molecule has 0 unspecified atom stereocenters. The molecular weight excluding hydrogens is 372 g/mol. The number of benzene rings is 2. The van der Waals surface area contributed by atoms with Crippen LogP contribution < -0.4 is 10.0 Å². The average Bonchev–Trinajstić information content (AvgIpc) is 2.63. The smallest absolute Gasteiger partial charge is 0.241 e. The van der Waals surface area contributed by atoms with E-state index in [1.54, 1.807) is 30.3 Å². The molecule has 3 N–H and O–H groups in total. The molecule has 5 nitrogen and oxygen atoms in total. The second-order valence-corrected chi connectivity index (χ2v) is 8.37. The Hall–Kier alpha value is -1.18. The second kappa shape index (κ2) is 10.8. The molecular formula is C19H27ClN2O3S. The van der Waals surface area contributed by atoms with Crippen LogP contribution in [0.5, 0.6) is 0 Å². The third kappa shape index (κ3) is 6.21. The lowest BCUT2D eigenvalue weighted by molar-refractivity contribution is 0.286. The fraction of sp³-hybridized carbons (Fsp3) is 0.474. The quantitative estimate of drug-likeness (QED) is 0.479. The zero-order chi connectivity index (χ0) is 18.8. The van der Waals surface area contributed by atoms with E-state index >= 15 is 0 Å². The molecule has 0 aliphatic carbocycles. The van der Waals surface area contributed by atoms with Crippen molar-refractivity contribution < 1.29 is 13.5 Å². The Balaban J connectivity index is 1.79. The zero-order valence-electron chi connectivity index (χ0n) is 14.9. The van der Waals surface area contributed by atoms with Crippen LogP contribution in [0.15, 0.2) is 41.3 Å². The van der Waals surface area contributed by atoms with Crippen LogP contribution in [-0.4, -0.2) is 39.8 Å². The standard InChI is InChI=1S/C19H27ClN2O3S/c20-18-10-5-9-17-16(18)8-6-11-19(17)26(24,25)22-14-4-2-1-3-12-21-13-7-15-23/h5-6,8-11,21-23H,1-4,7,12-15H2. The van der Waals surface area contributed by atoms with Crippen molar-refractivity contribution in [2.24, 2.45) is 0 Å². The van der Waals surface area contributed by atoms with E-state index in [1.165, 1.54) is 0 Å². The first kappa shape index (κ1) is 21.1. The molecule has 7 heteroatoms. The van der Waals surface area contributed by atoms with Gasteiger partial charge in [0.25, 0.3) is 0 Å². The molecule has 0 aliphatic heterocycles. The minimum atomic E-state index is -3.56. The molecule has 0 saturated carbocycles. The fourth-order valence-electron chi connectivity index (χ4n) is 2.82. The van der Waals surface area contributed by atoms with Gasteiger partial charge in [0.1, 0.15) is 0 Å². The predicted molar refractivity (Wildman–Crippen MR) is 107 cm³/mol. The van der Waals surface area contributed by atoms with Gasteiger partial charge in [-0.3, -0.25) is 0 Å². The molecule has 0 saturated heterocycles. The van der Waals surface area contributed by atoms with E-state index in [1.807, 2.05) is 6.07 Å². The van der Waals surface area contributed by atoms with Crippen molar-refractivity contribution in [3.63, 3.8) is 0 Å². The highest BCUT2D eigenvalue weighted by molar-refractivity contribution is 7.89. The Kier molecular flexibility index (Phi) is 8.81. The van der Waals surface area contributed by atoms with Gasteiger partial charge in [0, 0.05) is 28.9 Å². The van der Waals surface area contributed by atoms with Gasteiger partial charge in [0.05, 0.1) is 4.90 Å². The van der Waals surface area contributed by atoms with Gasteiger partial charge < -0.3 is 10.4 Å². The SMILES string of the molecule is O=S(=O)(NCCCCCCNCCCO)c1cccc2c(Cl)cccc12. The molecule has 0 radical (unpaired) electrons. The lowest BCUT2D eigenvalue weighted by Crippen LogP contribution is -2.25. The van der Waals surface area contributed by atoms with Crippen molar-refractivity contribution in [1.29, 1.82) is 0 Å². The zero-order valence-corrected chi connectivity index (χ0v) is 16.5.